The number of carbonyl (C=O) groups excluding carboxylic acids is 1. The highest BCUT2D eigenvalue weighted by Crippen LogP contribution is 2.23. The van der Waals surface area contributed by atoms with Gasteiger partial charge in [0, 0.05) is 18.1 Å². The predicted octanol–water partition coefficient (Wildman–Crippen LogP) is 4.26. The molecule has 0 fully saturated rings. The first-order chi connectivity index (χ1) is 12.0. The van der Waals surface area contributed by atoms with E-state index in [0.717, 1.165) is 20.8 Å². The van der Waals surface area contributed by atoms with Gasteiger partial charge in [0.05, 0.1) is 23.3 Å². The van der Waals surface area contributed by atoms with Crippen molar-refractivity contribution in [3.8, 4) is 0 Å². The smallest absolute Gasteiger partial charge is 0.236 e. The second-order valence-corrected chi connectivity index (χ2v) is 7.47. The van der Waals surface area contributed by atoms with Crippen LogP contribution >= 0.6 is 22.9 Å². The lowest BCUT2D eigenvalue weighted by molar-refractivity contribution is -0.129. The number of hydrogen-bond donors (Lipinski definition) is 1. The number of para-hydroxylation sites is 1. The van der Waals surface area contributed by atoms with Crippen LogP contribution in [-0.2, 0) is 11.3 Å². The number of fused-ring (bicyclic) bond motifs is 1. The van der Waals surface area contributed by atoms with E-state index in [0.29, 0.717) is 11.6 Å². The molecule has 3 rings (SSSR count). The number of carbonyl (C=O) groups is 1. The van der Waals surface area contributed by atoms with E-state index in [4.69, 9.17) is 11.6 Å². The second-order valence-electron chi connectivity index (χ2n) is 5.95. The van der Waals surface area contributed by atoms with Crippen molar-refractivity contribution in [2.45, 2.75) is 19.5 Å². The number of hydrogen-bond acceptors (Lipinski definition) is 4. The zero-order valence-electron chi connectivity index (χ0n) is 14.2. The topological polar surface area (TPSA) is 45.2 Å². The third-order valence-electron chi connectivity index (χ3n) is 4.07. The zero-order chi connectivity index (χ0) is 17.8. The number of benzene rings is 2. The van der Waals surface area contributed by atoms with Gasteiger partial charge in [-0.15, -0.1) is 11.3 Å². The average molecular weight is 374 g/mol. The minimum atomic E-state index is 0.00787. The van der Waals surface area contributed by atoms with Crippen molar-refractivity contribution < 1.29 is 4.79 Å². The molecule has 2 aromatic carbocycles. The minimum Gasteiger partial charge on any atom is -0.338 e. The number of halogens is 1. The molecule has 0 aliphatic carbocycles. The summed E-state index contributed by atoms with van der Waals surface area (Å²) in [5.74, 6) is 0.0261. The van der Waals surface area contributed by atoms with E-state index in [1.54, 1.807) is 23.3 Å². The monoisotopic (exact) mass is 373 g/mol. The molecule has 0 saturated carbocycles. The van der Waals surface area contributed by atoms with Gasteiger partial charge in [-0.2, -0.15) is 0 Å². The van der Waals surface area contributed by atoms with E-state index >= 15 is 0 Å². The Morgan fingerprint density at radius 3 is 2.72 bits per heavy atom. The van der Waals surface area contributed by atoms with Crippen LogP contribution in [0.4, 0.5) is 0 Å². The van der Waals surface area contributed by atoms with Crippen LogP contribution in [0.1, 0.15) is 23.5 Å². The summed E-state index contributed by atoms with van der Waals surface area (Å²) >= 11 is 7.82. The third-order valence-corrected chi connectivity index (χ3v) is 5.43. The molecule has 1 aromatic heterocycles. The van der Waals surface area contributed by atoms with Crippen molar-refractivity contribution in [1.82, 2.24) is 15.2 Å². The molecule has 0 unspecified atom stereocenters. The fraction of sp³-hybridized carbons (Fsp3) is 0.263. The Morgan fingerprint density at radius 1 is 1.24 bits per heavy atom. The molecule has 3 aromatic rings. The summed E-state index contributed by atoms with van der Waals surface area (Å²) in [4.78, 5) is 18.7. The van der Waals surface area contributed by atoms with Crippen LogP contribution in [0, 0.1) is 0 Å². The number of rotatable bonds is 6. The number of likely N-dealkylation sites (N-methyl/N-ethyl adjacent to an activating group) is 1. The molecule has 0 bridgehead atoms. The van der Waals surface area contributed by atoms with Gasteiger partial charge in [-0.1, -0.05) is 41.9 Å². The van der Waals surface area contributed by atoms with Gasteiger partial charge < -0.3 is 10.2 Å². The molecule has 0 saturated heterocycles. The van der Waals surface area contributed by atoms with Crippen LogP contribution in [0.3, 0.4) is 0 Å². The Kier molecular flexibility index (Phi) is 5.68. The lowest BCUT2D eigenvalue weighted by atomic mass is 10.1. The molecule has 1 atom stereocenters. The summed E-state index contributed by atoms with van der Waals surface area (Å²) < 4.78 is 1.14. The van der Waals surface area contributed by atoms with Crippen LogP contribution in [0.2, 0.25) is 5.02 Å². The van der Waals surface area contributed by atoms with Crippen molar-refractivity contribution in [1.29, 1.82) is 0 Å². The average Bonchev–Trinajstić information content (AvgIpc) is 3.01. The molecular formula is C19H20ClN3OS. The van der Waals surface area contributed by atoms with Crippen molar-refractivity contribution in [3.05, 3.63) is 64.1 Å². The Balaban J connectivity index is 1.56. The summed E-state index contributed by atoms with van der Waals surface area (Å²) in [6.45, 7) is 2.77. The first-order valence-corrected chi connectivity index (χ1v) is 9.30. The lowest BCUT2D eigenvalue weighted by Crippen LogP contribution is -2.36. The van der Waals surface area contributed by atoms with E-state index in [-0.39, 0.29) is 18.5 Å². The number of thiazole rings is 1. The molecule has 0 aliphatic heterocycles. The van der Waals surface area contributed by atoms with E-state index in [2.05, 4.69) is 10.3 Å². The van der Waals surface area contributed by atoms with Crippen molar-refractivity contribution in [2.24, 2.45) is 0 Å². The van der Waals surface area contributed by atoms with Gasteiger partial charge >= 0.3 is 0 Å². The van der Waals surface area contributed by atoms with Crippen LogP contribution < -0.4 is 5.32 Å². The van der Waals surface area contributed by atoms with Crippen LogP contribution in [0.5, 0.6) is 0 Å². The SMILES string of the molecule is C[C@H](NCC(=O)N(C)Cc1nc2ccccc2s1)c1ccccc1Cl. The fourth-order valence-electron chi connectivity index (χ4n) is 2.59. The molecule has 0 aliphatic rings. The minimum absolute atomic E-state index is 0.00787. The first kappa shape index (κ1) is 17.9. The molecule has 25 heavy (non-hydrogen) atoms. The summed E-state index contributed by atoms with van der Waals surface area (Å²) in [6.07, 6.45) is 0. The zero-order valence-corrected chi connectivity index (χ0v) is 15.8. The Morgan fingerprint density at radius 2 is 1.96 bits per heavy atom. The maximum absolute atomic E-state index is 12.4. The van der Waals surface area contributed by atoms with Gasteiger partial charge in [0.15, 0.2) is 0 Å². The van der Waals surface area contributed by atoms with Gasteiger partial charge in [0.25, 0.3) is 0 Å². The van der Waals surface area contributed by atoms with Gasteiger partial charge in [0.1, 0.15) is 5.01 Å². The Hall–Kier alpha value is -1.95. The number of nitrogens with one attached hydrogen (secondary N) is 1. The molecule has 1 amide bonds. The second kappa shape index (κ2) is 7.95. The molecular weight excluding hydrogens is 354 g/mol. The maximum Gasteiger partial charge on any atom is 0.236 e. The van der Waals surface area contributed by atoms with Crippen LogP contribution in [0.15, 0.2) is 48.5 Å². The molecule has 1 heterocycles. The number of aromatic nitrogens is 1. The molecule has 4 nitrogen and oxygen atoms in total. The molecule has 130 valence electrons. The third kappa shape index (κ3) is 4.37. The van der Waals surface area contributed by atoms with E-state index < -0.39 is 0 Å². The summed E-state index contributed by atoms with van der Waals surface area (Å²) in [5, 5.41) is 4.89. The first-order valence-electron chi connectivity index (χ1n) is 8.11. The van der Waals surface area contributed by atoms with E-state index in [1.165, 1.54) is 0 Å². The van der Waals surface area contributed by atoms with Gasteiger partial charge in [-0.3, -0.25) is 4.79 Å². The summed E-state index contributed by atoms with van der Waals surface area (Å²) in [6, 6.07) is 15.7. The standard InChI is InChI=1S/C19H20ClN3OS/c1-13(14-7-3-4-8-15(14)20)21-11-19(24)23(2)12-18-22-16-9-5-6-10-17(16)25-18/h3-10,13,21H,11-12H2,1-2H3/t13-/m0/s1. The molecule has 6 heteroatoms. The van der Waals surface area contributed by atoms with E-state index in [9.17, 15) is 4.79 Å². The van der Waals surface area contributed by atoms with Gasteiger partial charge in [-0.25, -0.2) is 4.98 Å². The van der Waals surface area contributed by atoms with Crippen molar-refractivity contribution >= 4 is 39.1 Å². The molecule has 0 radical (unpaired) electrons. The normalized spacial score (nSPS) is 12.3. The highest BCUT2D eigenvalue weighted by molar-refractivity contribution is 7.18. The maximum atomic E-state index is 12.4. The number of nitrogens with zero attached hydrogens (tertiary/aromatic N) is 2. The van der Waals surface area contributed by atoms with Crippen molar-refractivity contribution in [2.75, 3.05) is 13.6 Å². The number of amides is 1. The Labute approximate surface area is 156 Å². The quantitative estimate of drug-likeness (QED) is 0.702. The van der Waals surface area contributed by atoms with Crippen LogP contribution in [0.25, 0.3) is 10.2 Å². The van der Waals surface area contributed by atoms with Gasteiger partial charge in [0.2, 0.25) is 5.91 Å². The predicted molar refractivity (Wildman–Crippen MR) is 104 cm³/mol. The highest BCUT2D eigenvalue weighted by atomic mass is 35.5. The Bertz CT molecular complexity index is 847. The summed E-state index contributed by atoms with van der Waals surface area (Å²) in [7, 11) is 1.80. The molecule has 0 spiro atoms. The van der Waals surface area contributed by atoms with Crippen LogP contribution in [-0.4, -0.2) is 29.4 Å². The lowest BCUT2D eigenvalue weighted by Gasteiger charge is -2.19. The fourth-order valence-corrected chi connectivity index (χ4v) is 3.91. The van der Waals surface area contributed by atoms with Crippen molar-refractivity contribution in [3.63, 3.8) is 0 Å². The summed E-state index contributed by atoms with van der Waals surface area (Å²) in [5.41, 5.74) is 1.97. The molecule has 1 N–H and O–H groups in total. The van der Waals surface area contributed by atoms with E-state index in [1.807, 2.05) is 55.5 Å². The van der Waals surface area contributed by atoms with Gasteiger partial charge in [-0.05, 0) is 30.7 Å². The largest absolute Gasteiger partial charge is 0.338 e. The highest BCUT2D eigenvalue weighted by Gasteiger charge is 2.15.